The van der Waals surface area contributed by atoms with Gasteiger partial charge in [0.1, 0.15) is 0 Å². The number of nitrogens with zero attached hydrogens (tertiary/aromatic N) is 2. The van der Waals surface area contributed by atoms with E-state index in [0.29, 0.717) is 11.7 Å². The first-order valence-electron chi connectivity index (χ1n) is 6.35. The Kier molecular flexibility index (Phi) is 4.10. The van der Waals surface area contributed by atoms with Crippen LogP contribution in [0.3, 0.4) is 0 Å². The first-order valence-corrected chi connectivity index (χ1v) is 6.35. The van der Waals surface area contributed by atoms with Crippen molar-refractivity contribution in [3.8, 4) is 11.4 Å². The quantitative estimate of drug-likeness (QED) is 0.879. The number of aromatic nitrogens is 2. The predicted octanol–water partition coefficient (Wildman–Crippen LogP) is 3.11. The Morgan fingerprint density at radius 1 is 1.33 bits per heavy atom. The number of nitrogens with one attached hydrogen (secondary N) is 1. The summed E-state index contributed by atoms with van der Waals surface area (Å²) in [6, 6.07) is 8.14. The van der Waals surface area contributed by atoms with Crippen LogP contribution in [-0.4, -0.2) is 16.7 Å². The highest BCUT2D eigenvalue weighted by Gasteiger charge is 2.15. The van der Waals surface area contributed by atoms with E-state index in [1.807, 2.05) is 38.1 Å². The molecule has 18 heavy (non-hydrogen) atoms. The summed E-state index contributed by atoms with van der Waals surface area (Å²) in [6.45, 7) is 7.16. The SMILES string of the molecule is CCCNC(C)c1nc(-c2ccccc2C)no1. The lowest BCUT2D eigenvalue weighted by atomic mass is 10.1. The molecule has 0 amide bonds. The van der Waals surface area contributed by atoms with Gasteiger partial charge in [-0.25, -0.2) is 0 Å². The standard InChI is InChI=1S/C14H19N3O/c1-4-9-15-11(3)14-16-13(17-18-14)12-8-6-5-7-10(12)2/h5-8,11,15H,4,9H2,1-3H3. The van der Waals surface area contributed by atoms with Crippen LogP contribution in [0.25, 0.3) is 11.4 Å². The maximum atomic E-state index is 5.31. The molecule has 0 bridgehead atoms. The third kappa shape index (κ3) is 2.76. The van der Waals surface area contributed by atoms with Crippen molar-refractivity contribution in [1.29, 1.82) is 0 Å². The second kappa shape index (κ2) is 5.78. The summed E-state index contributed by atoms with van der Waals surface area (Å²) in [5, 5.41) is 7.38. The zero-order valence-corrected chi connectivity index (χ0v) is 11.1. The van der Waals surface area contributed by atoms with Gasteiger partial charge in [-0.05, 0) is 32.4 Å². The molecule has 1 unspecified atom stereocenters. The second-order valence-electron chi connectivity index (χ2n) is 4.45. The summed E-state index contributed by atoms with van der Waals surface area (Å²) in [5.74, 6) is 1.30. The van der Waals surface area contributed by atoms with Crippen LogP contribution in [0.2, 0.25) is 0 Å². The molecule has 1 aromatic heterocycles. The fourth-order valence-electron chi connectivity index (χ4n) is 1.79. The van der Waals surface area contributed by atoms with Crippen molar-refractivity contribution in [2.75, 3.05) is 6.54 Å². The topological polar surface area (TPSA) is 51.0 Å². The highest BCUT2D eigenvalue weighted by Crippen LogP contribution is 2.21. The van der Waals surface area contributed by atoms with Crippen molar-refractivity contribution in [2.45, 2.75) is 33.2 Å². The van der Waals surface area contributed by atoms with E-state index in [2.05, 4.69) is 22.4 Å². The van der Waals surface area contributed by atoms with Crippen LogP contribution in [0.5, 0.6) is 0 Å². The monoisotopic (exact) mass is 245 g/mol. The molecule has 4 nitrogen and oxygen atoms in total. The van der Waals surface area contributed by atoms with E-state index in [1.54, 1.807) is 0 Å². The molecule has 4 heteroatoms. The van der Waals surface area contributed by atoms with Gasteiger partial charge in [0.15, 0.2) is 0 Å². The molecule has 96 valence electrons. The van der Waals surface area contributed by atoms with E-state index in [0.717, 1.165) is 24.1 Å². The van der Waals surface area contributed by atoms with E-state index in [9.17, 15) is 0 Å². The number of hydrogen-bond donors (Lipinski definition) is 1. The lowest BCUT2D eigenvalue weighted by Gasteiger charge is -2.06. The maximum absolute atomic E-state index is 5.31. The summed E-state index contributed by atoms with van der Waals surface area (Å²) < 4.78 is 5.31. The fourth-order valence-corrected chi connectivity index (χ4v) is 1.79. The number of benzene rings is 1. The summed E-state index contributed by atoms with van der Waals surface area (Å²) in [5.41, 5.74) is 2.18. The van der Waals surface area contributed by atoms with Gasteiger partial charge in [-0.1, -0.05) is 36.3 Å². The van der Waals surface area contributed by atoms with Crippen LogP contribution >= 0.6 is 0 Å². The van der Waals surface area contributed by atoms with Gasteiger partial charge in [0.05, 0.1) is 6.04 Å². The Morgan fingerprint density at radius 2 is 2.11 bits per heavy atom. The molecular weight excluding hydrogens is 226 g/mol. The van der Waals surface area contributed by atoms with E-state index < -0.39 is 0 Å². The fraction of sp³-hybridized carbons (Fsp3) is 0.429. The molecule has 1 heterocycles. The lowest BCUT2D eigenvalue weighted by molar-refractivity contribution is 0.340. The van der Waals surface area contributed by atoms with Crippen molar-refractivity contribution >= 4 is 0 Å². The Balaban J connectivity index is 2.18. The molecule has 0 saturated carbocycles. The first-order chi connectivity index (χ1) is 8.72. The summed E-state index contributed by atoms with van der Waals surface area (Å²) in [7, 11) is 0. The van der Waals surface area contributed by atoms with Crippen LogP contribution in [0.15, 0.2) is 28.8 Å². The smallest absolute Gasteiger partial charge is 0.243 e. The van der Waals surface area contributed by atoms with Crippen molar-refractivity contribution in [1.82, 2.24) is 15.5 Å². The average Bonchev–Trinajstić information content (AvgIpc) is 2.86. The summed E-state index contributed by atoms with van der Waals surface area (Å²) >= 11 is 0. The molecule has 1 atom stereocenters. The molecule has 2 rings (SSSR count). The van der Waals surface area contributed by atoms with Gasteiger partial charge in [-0.15, -0.1) is 0 Å². The van der Waals surface area contributed by atoms with Gasteiger partial charge in [0, 0.05) is 5.56 Å². The zero-order chi connectivity index (χ0) is 13.0. The molecule has 0 spiro atoms. The molecule has 0 aliphatic rings. The minimum Gasteiger partial charge on any atom is -0.337 e. The molecule has 1 N–H and O–H groups in total. The minimum absolute atomic E-state index is 0.0928. The third-order valence-corrected chi connectivity index (χ3v) is 2.90. The number of aryl methyl sites for hydroxylation is 1. The lowest BCUT2D eigenvalue weighted by Crippen LogP contribution is -2.19. The molecule has 0 aliphatic carbocycles. The first kappa shape index (κ1) is 12.8. The number of rotatable bonds is 5. The zero-order valence-electron chi connectivity index (χ0n) is 11.1. The largest absolute Gasteiger partial charge is 0.337 e. The van der Waals surface area contributed by atoms with Gasteiger partial charge < -0.3 is 9.84 Å². The van der Waals surface area contributed by atoms with Crippen LogP contribution in [0.4, 0.5) is 0 Å². The Hall–Kier alpha value is -1.68. The Labute approximate surface area is 107 Å². The average molecular weight is 245 g/mol. The van der Waals surface area contributed by atoms with Crippen LogP contribution in [0, 0.1) is 6.92 Å². The highest BCUT2D eigenvalue weighted by molar-refractivity contribution is 5.58. The van der Waals surface area contributed by atoms with Crippen LogP contribution in [0.1, 0.15) is 37.8 Å². The maximum Gasteiger partial charge on any atom is 0.243 e. The minimum atomic E-state index is 0.0928. The predicted molar refractivity (Wildman–Crippen MR) is 71.2 cm³/mol. The van der Waals surface area contributed by atoms with Gasteiger partial charge in [-0.3, -0.25) is 0 Å². The molecule has 0 radical (unpaired) electrons. The molecule has 2 aromatic rings. The van der Waals surface area contributed by atoms with E-state index in [-0.39, 0.29) is 6.04 Å². The number of hydrogen-bond acceptors (Lipinski definition) is 4. The van der Waals surface area contributed by atoms with Crippen molar-refractivity contribution < 1.29 is 4.52 Å². The normalized spacial score (nSPS) is 12.6. The van der Waals surface area contributed by atoms with Gasteiger partial charge >= 0.3 is 0 Å². The van der Waals surface area contributed by atoms with E-state index in [1.165, 1.54) is 0 Å². The van der Waals surface area contributed by atoms with Gasteiger partial charge in [0.25, 0.3) is 0 Å². The van der Waals surface area contributed by atoms with E-state index in [4.69, 9.17) is 4.52 Å². The van der Waals surface area contributed by atoms with Gasteiger partial charge in [0.2, 0.25) is 11.7 Å². The van der Waals surface area contributed by atoms with Gasteiger partial charge in [-0.2, -0.15) is 4.98 Å². The molecule has 0 saturated heterocycles. The van der Waals surface area contributed by atoms with Crippen molar-refractivity contribution in [2.24, 2.45) is 0 Å². The van der Waals surface area contributed by atoms with Crippen LogP contribution < -0.4 is 5.32 Å². The Bertz CT molecular complexity index is 507. The molecule has 0 aliphatic heterocycles. The third-order valence-electron chi connectivity index (χ3n) is 2.90. The van der Waals surface area contributed by atoms with Crippen LogP contribution in [-0.2, 0) is 0 Å². The molecule has 1 aromatic carbocycles. The van der Waals surface area contributed by atoms with Crippen molar-refractivity contribution in [3.63, 3.8) is 0 Å². The second-order valence-corrected chi connectivity index (χ2v) is 4.45. The van der Waals surface area contributed by atoms with E-state index >= 15 is 0 Å². The molecular formula is C14H19N3O. The highest BCUT2D eigenvalue weighted by atomic mass is 16.5. The summed E-state index contributed by atoms with van der Waals surface area (Å²) in [4.78, 5) is 4.45. The Morgan fingerprint density at radius 3 is 2.83 bits per heavy atom. The van der Waals surface area contributed by atoms with Crippen molar-refractivity contribution in [3.05, 3.63) is 35.7 Å². The summed E-state index contributed by atoms with van der Waals surface area (Å²) in [6.07, 6.45) is 1.09. The molecule has 0 fully saturated rings.